The Hall–Kier alpha value is -0.370. The summed E-state index contributed by atoms with van der Waals surface area (Å²) in [7, 11) is -3.59. The molecule has 1 aromatic carbocycles. The Morgan fingerprint density at radius 2 is 1.80 bits per heavy atom. The van der Waals surface area contributed by atoms with Crippen LogP contribution in [0.5, 0.6) is 0 Å². The summed E-state index contributed by atoms with van der Waals surface area (Å²) in [5.41, 5.74) is 0.986. The van der Waals surface area contributed by atoms with Crippen molar-refractivity contribution in [1.82, 2.24) is 9.21 Å². The molecule has 5 nitrogen and oxygen atoms in total. The van der Waals surface area contributed by atoms with Crippen LogP contribution in [-0.4, -0.2) is 43.8 Å². The van der Waals surface area contributed by atoms with Gasteiger partial charge in [0, 0.05) is 42.3 Å². The molecule has 112 valence electrons. The molecule has 1 aliphatic rings. The zero-order valence-corrected chi connectivity index (χ0v) is 13.4. The van der Waals surface area contributed by atoms with Gasteiger partial charge in [0.15, 0.2) is 0 Å². The van der Waals surface area contributed by atoms with E-state index in [2.05, 4.69) is 4.90 Å². The smallest absolute Gasteiger partial charge is 0.276 e. The number of rotatable bonds is 3. The number of nitrogens with zero attached hydrogens (tertiary/aromatic N) is 2. The van der Waals surface area contributed by atoms with Gasteiger partial charge in [-0.25, -0.2) is 5.14 Å². The Kier molecular flexibility index (Phi) is 4.94. The van der Waals surface area contributed by atoms with E-state index >= 15 is 0 Å². The summed E-state index contributed by atoms with van der Waals surface area (Å²) < 4.78 is 23.8. The molecule has 8 heteroatoms. The molecule has 2 rings (SSSR count). The van der Waals surface area contributed by atoms with Crippen molar-refractivity contribution in [2.75, 3.05) is 26.2 Å². The highest BCUT2D eigenvalue weighted by Gasteiger charge is 2.27. The molecule has 1 heterocycles. The van der Waals surface area contributed by atoms with Crippen molar-refractivity contribution in [3.63, 3.8) is 0 Å². The van der Waals surface area contributed by atoms with Gasteiger partial charge in [0.2, 0.25) is 0 Å². The van der Waals surface area contributed by atoms with Crippen LogP contribution in [0.2, 0.25) is 10.0 Å². The molecule has 0 saturated carbocycles. The average Bonchev–Trinajstić information content (AvgIpc) is 2.37. The number of hydrogen-bond donors (Lipinski definition) is 1. The quantitative estimate of drug-likeness (QED) is 0.915. The van der Waals surface area contributed by atoms with E-state index in [1.165, 1.54) is 4.31 Å². The number of piperazine rings is 1. The molecule has 1 saturated heterocycles. The monoisotopic (exact) mass is 337 g/mol. The van der Waals surface area contributed by atoms with Crippen molar-refractivity contribution in [1.29, 1.82) is 0 Å². The summed E-state index contributed by atoms with van der Waals surface area (Å²) in [6.07, 6.45) is 0. The van der Waals surface area contributed by atoms with E-state index < -0.39 is 10.2 Å². The van der Waals surface area contributed by atoms with Crippen molar-refractivity contribution in [2.45, 2.75) is 13.0 Å². The van der Waals surface area contributed by atoms with Crippen LogP contribution in [0, 0.1) is 0 Å². The highest BCUT2D eigenvalue weighted by atomic mass is 35.5. The first-order valence-corrected chi connectivity index (χ1v) is 8.52. The molecule has 0 radical (unpaired) electrons. The molecule has 1 atom stereocenters. The lowest BCUT2D eigenvalue weighted by atomic mass is 10.1. The number of nitrogens with two attached hydrogens (primary N) is 1. The summed E-state index contributed by atoms with van der Waals surface area (Å²) in [5, 5.41) is 6.35. The lowest BCUT2D eigenvalue weighted by Crippen LogP contribution is -2.51. The van der Waals surface area contributed by atoms with Gasteiger partial charge >= 0.3 is 0 Å². The summed E-state index contributed by atoms with van der Waals surface area (Å²) in [6.45, 7) is 4.08. The SMILES string of the molecule is CC(c1ccc(Cl)cc1Cl)N1CCN(S(N)(=O)=O)CC1. The summed E-state index contributed by atoms with van der Waals surface area (Å²) in [5.74, 6) is 0. The molecule has 2 N–H and O–H groups in total. The molecule has 0 aliphatic carbocycles. The van der Waals surface area contributed by atoms with Crippen LogP contribution < -0.4 is 5.14 Å². The Morgan fingerprint density at radius 1 is 1.20 bits per heavy atom. The lowest BCUT2D eigenvalue weighted by molar-refractivity contribution is 0.146. The zero-order chi connectivity index (χ0) is 14.9. The van der Waals surface area contributed by atoms with E-state index in [9.17, 15) is 8.42 Å². The van der Waals surface area contributed by atoms with Crippen LogP contribution in [0.25, 0.3) is 0 Å². The minimum absolute atomic E-state index is 0.0994. The van der Waals surface area contributed by atoms with Crippen LogP contribution in [-0.2, 0) is 10.2 Å². The van der Waals surface area contributed by atoms with Crippen LogP contribution in [0.1, 0.15) is 18.5 Å². The molecule has 1 fully saturated rings. The lowest BCUT2D eigenvalue weighted by Gasteiger charge is -2.37. The molecule has 0 spiro atoms. The number of halogens is 2. The zero-order valence-electron chi connectivity index (χ0n) is 11.1. The van der Waals surface area contributed by atoms with Crippen LogP contribution in [0.4, 0.5) is 0 Å². The predicted molar refractivity (Wildman–Crippen MR) is 81.1 cm³/mol. The molecule has 20 heavy (non-hydrogen) atoms. The second-order valence-electron chi connectivity index (χ2n) is 4.82. The van der Waals surface area contributed by atoms with Crippen molar-refractivity contribution < 1.29 is 8.42 Å². The van der Waals surface area contributed by atoms with Gasteiger partial charge in [-0.3, -0.25) is 4.90 Å². The van der Waals surface area contributed by atoms with Gasteiger partial charge in [-0.05, 0) is 24.6 Å². The standard InChI is InChI=1S/C12H17Cl2N3O2S/c1-9(11-3-2-10(13)8-12(11)14)16-4-6-17(7-5-16)20(15,18)19/h2-3,8-9H,4-7H2,1H3,(H2,15,18,19). The highest BCUT2D eigenvalue weighted by Crippen LogP contribution is 2.30. The Morgan fingerprint density at radius 3 is 2.30 bits per heavy atom. The third-order valence-electron chi connectivity index (χ3n) is 3.59. The molecule has 0 amide bonds. The van der Waals surface area contributed by atoms with Crippen LogP contribution in [0.3, 0.4) is 0 Å². The molecule has 0 bridgehead atoms. The molecular weight excluding hydrogens is 321 g/mol. The van der Waals surface area contributed by atoms with Gasteiger partial charge in [-0.15, -0.1) is 0 Å². The van der Waals surface area contributed by atoms with E-state index in [1.54, 1.807) is 12.1 Å². The first-order chi connectivity index (χ1) is 9.29. The normalized spacial score (nSPS) is 20.0. The second-order valence-corrected chi connectivity index (χ2v) is 7.21. The van der Waals surface area contributed by atoms with Crippen molar-refractivity contribution in [3.05, 3.63) is 33.8 Å². The van der Waals surface area contributed by atoms with Crippen molar-refractivity contribution >= 4 is 33.4 Å². The van der Waals surface area contributed by atoms with Gasteiger partial charge in [0.1, 0.15) is 0 Å². The van der Waals surface area contributed by atoms with E-state index in [-0.39, 0.29) is 6.04 Å². The minimum Gasteiger partial charge on any atom is -0.294 e. The highest BCUT2D eigenvalue weighted by molar-refractivity contribution is 7.86. The summed E-state index contributed by atoms with van der Waals surface area (Å²) in [4.78, 5) is 2.18. The fourth-order valence-electron chi connectivity index (χ4n) is 2.38. The Bertz CT molecular complexity index is 586. The predicted octanol–water partition coefficient (Wildman–Crippen LogP) is 1.88. The summed E-state index contributed by atoms with van der Waals surface area (Å²) in [6, 6.07) is 5.53. The van der Waals surface area contributed by atoms with Gasteiger partial charge in [-0.1, -0.05) is 29.3 Å². The van der Waals surface area contributed by atoms with Gasteiger partial charge in [-0.2, -0.15) is 12.7 Å². The Balaban J connectivity index is 2.07. The maximum Gasteiger partial charge on any atom is 0.276 e. The second kappa shape index (κ2) is 6.17. The topological polar surface area (TPSA) is 66.6 Å². The first-order valence-electron chi connectivity index (χ1n) is 6.26. The molecule has 1 aliphatic heterocycles. The fraction of sp³-hybridized carbons (Fsp3) is 0.500. The maximum atomic E-state index is 11.3. The van der Waals surface area contributed by atoms with Gasteiger partial charge < -0.3 is 0 Å². The first kappa shape index (κ1) is 16.0. The van der Waals surface area contributed by atoms with Gasteiger partial charge in [0.25, 0.3) is 10.2 Å². The van der Waals surface area contributed by atoms with Crippen molar-refractivity contribution in [2.24, 2.45) is 5.14 Å². The molecule has 0 aromatic heterocycles. The molecule has 1 aromatic rings. The van der Waals surface area contributed by atoms with Crippen LogP contribution >= 0.6 is 23.2 Å². The average molecular weight is 338 g/mol. The minimum atomic E-state index is -3.59. The van der Waals surface area contributed by atoms with E-state index in [0.717, 1.165) is 5.56 Å². The van der Waals surface area contributed by atoms with Crippen LogP contribution in [0.15, 0.2) is 18.2 Å². The number of hydrogen-bond acceptors (Lipinski definition) is 3. The number of benzene rings is 1. The summed E-state index contributed by atoms with van der Waals surface area (Å²) >= 11 is 12.1. The van der Waals surface area contributed by atoms with E-state index in [0.29, 0.717) is 36.2 Å². The fourth-order valence-corrected chi connectivity index (χ4v) is 3.62. The molecular formula is C12H17Cl2N3O2S. The van der Waals surface area contributed by atoms with Gasteiger partial charge in [0.05, 0.1) is 0 Å². The largest absolute Gasteiger partial charge is 0.294 e. The Labute approximate surface area is 129 Å². The third-order valence-corrected chi connectivity index (χ3v) is 5.24. The molecule has 1 unspecified atom stereocenters. The van der Waals surface area contributed by atoms with Crippen molar-refractivity contribution in [3.8, 4) is 0 Å². The third kappa shape index (κ3) is 3.63. The van der Waals surface area contributed by atoms with E-state index in [1.807, 2.05) is 13.0 Å². The van der Waals surface area contributed by atoms with E-state index in [4.69, 9.17) is 28.3 Å². The maximum absolute atomic E-state index is 11.3.